The van der Waals surface area contributed by atoms with Crippen molar-refractivity contribution in [2.75, 3.05) is 38.2 Å². The lowest BCUT2D eigenvalue weighted by Crippen LogP contribution is -2.45. The summed E-state index contributed by atoms with van der Waals surface area (Å²) in [7, 11) is 0. The molecule has 6 rings (SSSR count). The van der Waals surface area contributed by atoms with Gasteiger partial charge in [-0.15, -0.1) is 5.10 Å². The average molecular weight is 447 g/mol. The first-order chi connectivity index (χ1) is 16.2. The van der Waals surface area contributed by atoms with Crippen LogP contribution >= 0.6 is 0 Å². The van der Waals surface area contributed by atoms with Crippen molar-refractivity contribution in [3.63, 3.8) is 0 Å². The van der Waals surface area contributed by atoms with Crippen LogP contribution in [0.15, 0.2) is 37.1 Å². The van der Waals surface area contributed by atoms with E-state index in [4.69, 9.17) is 9.84 Å². The maximum atomic E-state index is 5.50. The van der Waals surface area contributed by atoms with Gasteiger partial charge in [0.1, 0.15) is 0 Å². The van der Waals surface area contributed by atoms with E-state index in [1.165, 1.54) is 25.7 Å². The SMILES string of the molecule is Cc1cnc2ncc(-c3ccn4nc(NCC5CCC(N6CCOCC6)CC5)ncc34)cn12. The van der Waals surface area contributed by atoms with Crippen molar-refractivity contribution in [2.24, 2.45) is 5.92 Å². The number of hydrogen-bond acceptors (Lipinski definition) is 7. The lowest BCUT2D eigenvalue weighted by molar-refractivity contribution is 0.00539. The topological polar surface area (TPSA) is 84.9 Å². The summed E-state index contributed by atoms with van der Waals surface area (Å²) < 4.78 is 9.40. The number of imidazole rings is 1. The molecule has 172 valence electrons. The van der Waals surface area contributed by atoms with E-state index in [0.29, 0.717) is 17.6 Å². The summed E-state index contributed by atoms with van der Waals surface area (Å²) in [6.07, 6.45) is 14.7. The molecule has 0 aromatic carbocycles. The van der Waals surface area contributed by atoms with Crippen molar-refractivity contribution >= 4 is 17.2 Å². The van der Waals surface area contributed by atoms with Crippen molar-refractivity contribution in [1.29, 1.82) is 0 Å². The highest BCUT2D eigenvalue weighted by molar-refractivity contribution is 5.79. The summed E-state index contributed by atoms with van der Waals surface area (Å²) in [4.78, 5) is 16.0. The molecule has 4 aromatic rings. The van der Waals surface area contributed by atoms with Gasteiger partial charge in [-0.1, -0.05) is 0 Å². The molecule has 2 aliphatic rings. The number of morpholine rings is 1. The van der Waals surface area contributed by atoms with Crippen molar-refractivity contribution < 1.29 is 4.74 Å². The Bertz CT molecular complexity index is 1250. The van der Waals surface area contributed by atoms with Crippen LogP contribution in [0.1, 0.15) is 31.4 Å². The summed E-state index contributed by atoms with van der Waals surface area (Å²) in [6, 6.07) is 2.80. The Balaban J connectivity index is 1.10. The first-order valence-corrected chi connectivity index (χ1v) is 11.9. The fourth-order valence-electron chi connectivity index (χ4n) is 5.24. The molecular formula is C24H30N8O. The van der Waals surface area contributed by atoms with Crippen molar-refractivity contribution in [3.05, 3.63) is 42.7 Å². The van der Waals surface area contributed by atoms with Crippen LogP contribution < -0.4 is 5.32 Å². The summed E-state index contributed by atoms with van der Waals surface area (Å²) in [5.74, 6) is 2.07. The molecule has 0 bridgehead atoms. The van der Waals surface area contributed by atoms with E-state index in [1.807, 2.05) is 40.6 Å². The van der Waals surface area contributed by atoms with Gasteiger partial charge in [0.05, 0.1) is 31.1 Å². The summed E-state index contributed by atoms with van der Waals surface area (Å²) in [6.45, 7) is 6.90. The van der Waals surface area contributed by atoms with E-state index in [1.54, 1.807) is 0 Å². The minimum absolute atomic E-state index is 0.679. The standard InChI is InChI=1S/C24H30N8O/c1-17-12-27-24-28-14-19(16-31(17)24)21-6-7-32-22(21)15-26-23(29-32)25-13-18-2-4-20(5-3-18)30-8-10-33-11-9-30/h6-7,12,14-16,18,20H,2-5,8-11,13H2,1H3,(H,25,29). The molecule has 0 atom stereocenters. The van der Waals surface area contributed by atoms with Gasteiger partial charge in [0.25, 0.3) is 0 Å². The second-order valence-electron chi connectivity index (χ2n) is 9.26. The van der Waals surface area contributed by atoms with Crippen molar-refractivity contribution in [2.45, 2.75) is 38.6 Å². The van der Waals surface area contributed by atoms with Gasteiger partial charge in [0.2, 0.25) is 11.7 Å². The van der Waals surface area contributed by atoms with Gasteiger partial charge < -0.3 is 10.1 Å². The van der Waals surface area contributed by atoms with Crippen LogP contribution in [0.5, 0.6) is 0 Å². The van der Waals surface area contributed by atoms with E-state index in [2.05, 4.69) is 37.4 Å². The molecule has 4 aromatic heterocycles. The van der Waals surface area contributed by atoms with E-state index in [9.17, 15) is 0 Å². The zero-order valence-corrected chi connectivity index (χ0v) is 19.0. The minimum Gasteiger partial charge on any atom is -0.379 e. The molecule has 1 aliphatic carbocycles. The quantitative estimate of drug-likeness (QED) is 0.504. The lowest BCUT2D eigenvalue weighted by Gasteiger charge is -2.38. The van der Waals surface area contributed by atoms with Gasteiger partial charge in [-0.3, -0.25) is 9.30 Å². The Hall–Kier alpha value is -3.04. The largest absolute Gasteiger partial charge is 0.379 e. The monoisotopic (exact) mass is 446 g/mol. The molecule has 1 aliphatic heterocycles. The number of fused-ring (bicyclic) bond motifs is 2. The minimum atomic E-state index is 0.679. The predicted molar refractivity (Wildman–Crippen MR) is 126 cm³/mol. The molecule has 0 radical (unpaired) electrons. The molecule has 9 nitrogen and oxygen atoms in total. The Morgan fingerprint density at radius 2 is 1.85 bits per heavy atom. The van der Waals surface area contributed by atoms with Gasteiger partial charge in [-0.2, -0.15) is 0 Å². The van der Waals surface area contributed by atoms with Gasteiger partial charge in [-0.05, 0) is 44.6 Å². The highest BCUT2D eigenvalue weighted by Crippen LogP contribution is 2.29. The van der Waals surface area contributed by atoms with Crippen LogP contribution in [0, 0.1) is 12.8 Å². The van der Waals surface area contributed by atoms with Crippen LogP contribution in [-0.2, 0) is 4.74 Å². The Labute approximate surface area is 192 Å². The second-order valence-corrected chi connectivity index (χ2v) is 9.26. The molecule has 1 saturated heterocycles. The van der Waals surface area contributed by atoms with Crippen molar-refractivity contribution in [3.8, 4) is 11.1 Å². The number of rotatable bonds is 5. The summed E-state index contributed by atoms with van der Waals surface area (Å²) in [5.41, 5.74) is 4.10. The Morgan fingerprint density at radius 3 is 2.70 bits per heavy atom. The maximum Gasteiger partial charge on any atom is 0.241 e. The zero-order chi connectivity index (χ0) is 22.2. The third kappa shape index (κ3) is 4.06. The third-order valence-corrected chi connectivity index (χ3v) is 7.20. The summed E-state index contributed by atoms with van der Waals surface area (Å²) in [5, 5.41) is 8.17. The molecule has 2 fully saturated rings. The van der Waals surface area contributed by atoms with Gasteiger partial charge >= 0.3 is 0 Å². The smallest absolute Gasteiger partial charge is 0.241 e. The third-order valence-electron chi connectivity index (χ3n) is 7.20. The number of aryl methyl sites for hydroxylation is 1. The predicted octanol–water partition coefficient (Wildman–Crippen LogP) is 3.05. The normalized spacial score (nSPS) is 22.2. The number of nitrogens with zero attached hydrogens (tertiary/aromatic N) is 7. The van der Waals surface area contributed by atoms with Gasteiger partial charge in [0.15, 0.2) is 0 Å². The molecular weight excluding hydrogens is 416 g/mol. The Morgan fingerprint density at radius 1 is 1.03 bits per heavy atom. The van der Waals surface area contributed by atoms with Crippen LogP contribution in [0.4, 0.5) is 5.95 Å². The average Bonchev–Trinajstić information content (AvgIpc) is 3.46. The van der Waals surface area contributed by atoms with E-state index >= 15 is 0 Å². The first-order valence-electron chi connectivity index (χ1n) is 11.9. The summed E-state index contributed by atoms with van der Waals surface area (Å²) >= 11 is 0. The molecule has 9 heteroatoms. The van der Waals surface area contributed by atoms with E-state index < -0.39 is 0 Å². The number of anilines is 1. The fourth-order valence-corrected chi connectivity index (χ4v) is 5.24. The van der Waals surface area contributed by atoms with Crippen molar-refractivity contribution in [1.82, 2.24) is 33.9 Å². The number of aromatic nitrogens is 6. The molecule has 0 unspecified atom stereocenters. The second kappa shape index (κ2) is 8.72. The van der Waals surface area contributed by atoms with Gasteiger partial charge in [-0.25, -0.2) is 19.5 Å². The fraction of sp³-hybridized carbons (Fsp3) is 0.500. The van der Waals surface area contributed by atoms with Crippen LogP contribution in [0.25, 0.3) is 22.4 Å². The highest BCUT2D eigenvalue weighted by Gasteiger charge is 2.26. The first kappa shape index (κ1) is 20.6. The number of ether oxygens (including phenoxy) is 1. The van der Waals surface area contributed by atoms with Crippen LogP contribution in [0.2, 0.25) is 0 Å². The maximum absolute atomic E-state index is 5.50. The molecule has 0 amide bonds. The molecule has 5 heterocycles. The molecule has 1 N–H and O–H groups in total. The lowest BCUT2D eigenvalue weighted by atomic mass is 9.85. The van der Waals surface area contributed by atoms with Crippen LogP contribution in [0.3, 0.4) is 0 Å². The number of nitrogens with one attached hydrogen (secondary N) is 1. The molecule has 33 heavy (non-hydrogen) atoms. The zero-order valence-electron chi connectivity index (χ0n) is 19.0. The molecule has 0 spiro atoms. The van der Waals surface area contributed by atoms with Gasteiger partial charge in [0, 0.05) is 61.1 Å². The molecule has 1 saturated carbocycles. The van der Waals surface area contributed by atoms with E-state index in [-0.39, 0.29) is 0 Å². The Kier molecular flexibility index (Phi) is 5.43. The highest BCUT2D eigenvalue weighted by atomic mass is 16.5. The number of hydrogen-bond donors (Lipinski definition) is 1. The van der Waals surface area contributed by atoms with E-state index in [0.717, 1.165) is 61.2 Å². The van der Waals surface area contributed by atoms with Crippen LogP contribution in [-0.4, -0.2) is 72.8 Å².